The monoisotopic (exact) mass is 221 g/mol. The van der Waals surface area contributed by atoms with Crippen LogP contribution in [-0.4, -0.2) is 21.6 Å². The molecule has 0 saturated heterocycles. The van der Waals surface area contributed by atoms with Gasteiger partial charge in [-0.25, -0.2) is 4.98 Å². The molecular weight excluding hydrogens is 206 g/mol. The summed E-state index contributed by atoms with van der Waals surface area (Å²) in [6.45, 7) is 1.03. The number of aromatic nitrogens is 2. The number of imidazole rings is 1. The molecule has 1 aromatic heterocycles. The van der Waals surface area contributed by atoms with Crippen LogP contribution < -0.4 is 5.73 Å². The number of hydrogen-bond donors (Lipinski definition) is 1. The zero-order valence-electron chi connectivity index (χ0n) is 8.81. The van der Waals surface area contributed by atoms with Gasteiger partial charge in [0.1, 0.15) is 0 Å². The van der Waals surface area contributed by atoms with Gasteiger partial charge in [0.05, 0.1) is 17.4 Å². The molecule has 0 radical (unpaired) electrons. The van der Waals surface area contributed by atoms with Crippen LogP contribution in [0.15, 0.2) is 24.5 Å². The quantitative estimate of drug-likeness (QED) is 0.636. The maximum absolute atomic E-state index is 5.70. The second kappa shape index (κ2) is 4.57. The van der Waals surface area contributed by atoms with Crippen molar-refractivity contribution >= 4 is 28.5 Å². The zero-order valence-corrected chi connectivity index (χ0v) is 9.63. The molecule has 3 nitrogen and oxygen atoms in total. The van der Waals surface area contributed by atoms with Crippen molar-refractivity contribution in [1.82, 2.24) is 9.55 Å². The average molecular weight is 221 g/mol. The van der Waals surface area contributed by atoms with Crippen LogP contribution in [0.1, 0.15) is 6.42 Å². The van der Waals surface area contributed by atoms with Crippen LogP contribution in [0, 0.1) is 0 Å². The third-order valence-electron chi connectivity index (χ3n) is 2.39. The Labute approximate surface area is 93.7 Å². The van der Waals surface area contributed by atoms with E-state index in [1.54, 1.807) is 0 Å². The second-order valence-electron chi connectivity index (χ2n) is 3.53. The van der Waals surface area contributed by atoms with E-state index in [2.05, 4.69) is 15.8 Å². The van der Waals surface area contributed by atoms with Crippen molar-refractivity contribution in [2.75, 3.05) is 17.7 Å². The highest BCUT2D eigenvalue weighted by molar-refractivity contribution is 7.98. The molecule has 2 N–H and O–H groups in total. The van der Waals surface area contributed by atoms with Gasteiger partial charge in [0.2, 0.25) is 0 Å². The summed E-state index contributed by atoms with van der Waals surface area (Å²) in [4.78, 5) is 4.33. The molecule has 0 saturated carbocycles. The predicted octanol–water partition coefficient (Wildman–Crippen LogP) is 2.37. The summed E-state index contributed by atoms with van der Waals surface area (Å²) in [5, 5.41) is 0. The number of hydrogen-bond acceptors (Lipinski definition) is 3. The van der Waals surface area contributed by atoms with Crippen molar-refractivity contribution in [3.8, 4) is 0 Å². The van der Waals surface area contributed by atoms with Gasteiger partial charge >= 0.3 is 0 Å². The number of thioether (sulfide) groups is 1. The number of fused-ring (bicyclic) bond motifs is 1. The third kappa shape index (κ3) is 2.26. The van der Waals surface area contributed by atoms with Crippen molar-refractivity contribution in [3.63, 3.8) is 0 Å². The molecular formula is C11H15N3S. The first kappa shape index (κ1) is 10.4. The fourth-order valence-electron chi connectivity index (χ4n) is 1.64. The van der Waals surface area contributed by atoms with E-state index in [0.29, 0.717) is 0 Å². The Morgan fingerprint density at radius 1 is 1.47 bits per heavy atom. The zero-order chi connectivity index (χ0) is 10.7. The first-order valence-corrected chi connectivity index (χ1v) is 6.40. The lowest BCUT2D eigenvalue weighted by atomic mass is 10.3. The normalized spacial score (nSPS) is 11.0. The van der Waals surface area contributed by atoms with E-state index in [1.165, 1.54) is 17.7 Å². The second-order valence-corrected chi connectivity index (χ2v) is 4.52. The third-order valence-corrected chi connectivity index (χ3v) is 3.09. The Bertz CT molecular complexity index is 450. The van der Waals surface area contributed by atoms with Gasteiger partial charge in [-0.2, -0.15) is 11.8 Å². The number of nitrogen functional groups attached to an aromatic ring is 1. The van der Waals surface area contributed by atoms with Crippen molar-refractivity contribution in [2.24, 2.45) is 0 Å². The summed E-state index contributed by atoms with van der Waals surface area (Å²) in [7, 11) is 0. The molecule has 0 amide bonds. The fourth-order valence-corrected chi connectivity index (χ4v) is 2.06. The molecule has 0 unspecified atom stereocenters. The standard InChI is InChI=1S/C11H15N3S/c1-15-6-2-5-14-8-13-10-7-9(12)3-4-11(10)14/h3-4,7-8H,2,5-6,12H2,1H3. The molecule has 2 rings (SSSR count). The minimum absolute atomic E-state index is 0.775. The summed E-state index contributed by atoms with van der Waals surface area (Å²) < 4.78 is 2.19. The molecule has 1 heterocycles. The predicted molar refractivity (Wildman–Crippen MR) is 67.1 cm³/mol. The molecule has 0 aliphatic carbocycles. The number of anilines is 1. The van der Waals surface area contributed by atoms with E-state index in [-0.39, 0.29) is 0 Å². The fraction of sp³-hybridized carbons (Fsp3) is 0.364. The maximum Gasteiger partial charge on any atom is 0.0958 e. The SMILES string of the molecule is CSCCCn1cnc2cc(N)ccc21. The lowest BCUT2D eigenvalue weighted by Crippen LogP contribution is -1.97. The van der Waals surface area contributed by atoms with Gasteiger partial charge in [-0.15, -0.1) is 0 Å². The van der Waals surface area contributed by atoms with Crippen LogP contribution in [0.3, 0.4) is 0 Å². The summed E-state index contributed by atoms with van der Waals surface area (Å²) in [5.74, 6) is 1.19. The molecule has 0 fully saturated rings. The average Bonchev–Trinajstić information content (AvgIpc) is 2.61. The van der Waals surface area contributed by atoms with Gasteiger partial charge in [0, 0.05) is 12.2 Å². The molecule has 0 aliphatic heterocycles. The summed E-state index contributed by atoms with van der Waals surface area (Å²) in [5.41, 5.74) is 8.63. The van der Waals surface area contributed by atoms with Gasteiger partial charge in [-0.3, -0.25) is 0 Å². The molecule has 2 aromatic rings. The molecule has 1 aromatic carbocycles. The van der Waals surface area contributed by atoms with Crippen molar-refractivity contribution in [2.45, 2.75) is 13.0 Å². The van der Waals surface area contributed by atoms with Gasteiger partial charge < -0.3 is 10.3 Å². The first-order valence-electron chi connectivity index (χ1n) is 5.00. The number of nitrogens with zero attached hydrogens (tertiary/aromatic N) is 2. The lowest BCUT2D eigenvalue weighted by Gasteiger charge is -2.03. The van der Waals surface area contributed by atoms with E-state index in [1.807, 2.05) is 36.3 Å². The highest BCUT2D eigenvalue weighted by Gasteiger charge is 2.01. The van der Waals surface area contributed by atoms with Crippen LogP contribution in [0.5, 0.6) is 0 Å². The van der Waals surface area contributed by atoms with Crippen LogP contribution in [0.2, 0.25) is 0 Å². The number of nitrogens with two attached hydrogens (primary N) is 1. The smallest absolute Gasteiger partial charge is 0.0958 e. The van der Waals surface area contributed by atoms with E-state index >= 15 is 0 Å². The van der Waals surface area contributed by atoms with Crippen LogP contribution in [0.4, 0.5) is 5.69 Å². The molecule has 0 spiro atoms. The van der Waals surface area contributed by atoms with Crippen molar-refractivity contribution in [3.05, 3.63) is 24.5 Å². The van der Waals surface area contributed by atoms with Gasteiger partial charge in [0.25, 0.3) is 0 Å². The highest BCUT2D eigenvalue weighted by atomic mass is 32.2. The van der Waals surface area contributed by atoms with E-state index < -0.39 is 0 Å². The highest BCUT2D eigenvalue weighted by Crippen LogP contribution is 2.16. The van der Waals surface area contributed by atoms with E-state index in [0.717, 1.165) is 17.7 Å². The molecule has 0 atom stereocenters. The van der Waals surface area contributed by atoms with Crippen LogP contribution >= 0.6 is 11.8 Å². The first-order chi connectivity index (χ1) is 7.31. The Morgan fingerprint density at radius 2 is 2.33 bits per heavy atom. The Balaban J connectivity index is 2.21. The number of benzene rings is 1. The van der Waals surface area contributed by atoms with E-state index in [9.17, 15) is 0 Å². The molecule has 80 valence electrons. The summed E-state index contributed by atoms with van der Waals surface area (Å²) in [6, 6.07) is 5.88. The Morgan fingerprint density at radius 3 is 3.13 bits per heavy atom. The van der Waals surface area contributed by atoms with Crippen LogP contribution in [0.25, 0.3) is 11.0 Å². The largest absolute Gasteiger partial charge is 0.399 e. The number of rotatable bonds is 4. The lowest BCUT2D eigenvalue weighted by molar-refractivity contribution is 0.703. The summed E-state index contributed by atoms with van der Waals surface area (Å²) >= 11 is 1.88. The molecule has 0 bridgehead atoms. The minimum Gasteiger partial charge on any atom is -0.399 e. The molecule has 0 aliphatic rings. The van der Waals surface area contributed by atoms with Crippen LogP contribution in [-0.2, 0) is 6.54 Å². The minimum atomic E-state index is 0.775. The molecule has 15 heavy (non-hydrogen) atoms. The van der Waals surface area contributed by atoms with E-state index in [4.69, 9.17) is 5.73 Å². The summed E-state index contributed by atoms with van der Waals surface area (Å²) in [6.07, 6.45) is 5.20. The Hall–Kier alpha value is -1.16. The molecule has 4 heteroatoms. The maximum atomic E-state index is 5.70. The van der Waals surface area contributed by atoms with Crippen molar-refractivity contribution < 1.29 is 0 Å². The van der Waals surface area contributed by atoms with Gasteiger partial charge in [-0.05, 0) is 36.6 Å². The van der Waals surface area contributed by atoms with Crippen molar-refractivity contribution in [1.29, 1.82) is 0 Å². The number of aryl methyl sites for hydroxylation is 1. The topological polar surface area (TPSA) is 43.8 Å². The Kier molecular flexibility index (Phi) is 3.16. The van der Waals surface area contributed by atoms with Gasteiger partial charge in [0.15, 0.2) is 0 Å². The van der Waals surface area contributed by atoms with Gasteiger partial charge in [-0.1, -0.05) is 0 Å².